The van der Waals surface area contributed by atoms with Gasteiger partial charge in [-0.05, 0) is 12.5 Å². The second-order valence-corrected chi connectivity index (χ2v) is 4.93. The van der Waals surface area contributed by atoms with E-state index in [0.29, 0.717) is 0 Å². The van der Waals surface area contributed by atoms with Gasteiger partial charge in [-0.1, -0.05) is 6.92 Å². The molecule has 3 rings (SSSR count). The molecule has 0 bridgehead atoms. The van der Waals surface area contributed by atoms with Gasteiger partial charge in [-0.15, -0.1) is 0 Å². The van der Waals surface area contributed by atoms with Crippen molar-refractivity contribution in [1.82, 2.24) is 0 Å². The van der Waals surface area contributed by atoms with Crippen molar-refractivity contribution >= 4 is 0 Å². The first-order valence-electron chi connectivity index (χ1n) is 6.28. The van der Waals surface area contributed by atoms with Gasteiger partial charge < -0.3 is 14.6 Å². The molecule has 3 heteroatoms. The van der Waals surface area contributed by atoms with Crippen LogP contribution in [0.4, 0.5) is 0 Å². The topological polar surface area (TPSA) is 38.7 Å². The van der Waals surface area contributed by atoms with Gasteiger partial charge in [0.1, 0.15) is 11.5 Å². The van der Waals surface area contributed by atoms with E-state index in [0.717, 1.165) is 37.6 Å². The number of hydrogen-bond donors (Lipinski definition) is 1. The Morgan fingerprint density at radius 3 is 2.47 bits per heavy atom. The van der Waals surface area contributed by atoms with Crippen LogP contribution in [0, 0.1) is 6.92 Å². The monoisotopic (exact) mass is 234 g/mol. The van der Waals surface area contributed by atoms with Crippen LogP contribution in [0.5, 0.6) is 11.5 Å². The van der Waals surface area contributed by atoms with Crippen LogP contribution in [0.15, 0.2) is 0 Å². The van der Waals surface area contributed by atoms with Crippen molar-refractivity contribution in [2.45, 2.75) is 32.6 Å². The van der Waals surface area contributed by atoms with Crippen LogP contribution >= 0.6 is 0 Å². The van der Waals surface area contributed by atoms with Crippen molar-refractivity contribution in [3.8, 4) is 11.5 Å². The zero-order chi connectivity index (χ0) is 12.0. The average Bonchev–Trinajstić information content (AvgIpc) is 2.96. The number of ether oxygens (including phenoxy) is 2. The first-order chi connectivity index (χ1) is 8.24. The summed E-state index contributed by atoms with van der Waals surface area (Å²) in [6.45, 7) is 5.83. The first-order valence-corrected chi connectivity index (χ1v) is 6.28. The molecule has 17 heavy (non-hydrogen) atoms. The zero-order valence-corrected chi connectivity index (χ0v) is 10.4. The molecule has 0 saturated carbocycles. The Labute approximate surface area is 101 Å². The average molecular weight is 234 g/mol. The van der Waals surface area contributed by atoms with Crippen molar-refractivity contribution in [3.05, 3.63) is 22.3 Å². The summed E-state index contributed by atoms with van der Waals surface area (Å²) in [5, 5.41) is 9.42. The first kappa shape index (κ1) is 10.9. The van der Waals surface area contributed by atoms with Gasteiger partial charge in [0.25, 0.3) is 0 Å². The van der Waals surface area contributed by atoms with Crippen LogP contribution in [0.25, 0.3) is 0 Å². The lowest BCUT2D eigenvalue weighted by Crippen LogP contribution is -2.06. The molecule has 3 nitrogen and oxygen atoms in total. The minimum atomic E-state index is 0.123. The van der Waals surface area contributed by atoms with E-state index in [1.165, 1.54) is 22.3 Å². The summed E-state index contributed by atoms with van der Waals surface area (Å²) in [5.41, 5.74) is 4.95. The number of fused-ring (bicyclic) bond motifs is 2. The van der Waals surface area contributed by atoms with Gasteiger partial charge in [-0.25, -0.2) is 0 Å². The number of aliphatic hydroxyl groups is 1. The van der Waals surface area contributed by atoms with Gasteiger partial charge in [-0.3, -0.25) is 0 Å². The fraction of sp³-hybridized carbons (Fsp3) is 0.571. The summed E-state index contributed by atoms with van der Waals surface area (Å²) < 4.78 is 11.5. The van der Waals surface area contributed by atoms with Gasteiger partial charge in [-0.2, -0.15) is 0 Å². The fourth-order valence-electron chi connectivity index (χ4n) is 2.99. The second kappa shape index (κ2) is 3.91. The molecule has 0 amide bonds. The molecule has 2 aliphatic heterocycles. The third-order valence-electron chi connectivity index (χ3n) is 3.87. The Kier molecular flexibility index (Phi) is 2.51. The third kappa shape index (κ3) is 1.45. The highest BCUT2D eigenvalue weighted by Crippen LogP contribution is 2.46. The molecule has 1 N–H and O–H groups in total. The summed E-state index contributed by atoms with van der Waals surface area (Å²) >= 11 is 0. The summed E-state index contributed by atoms with van der Waals surface area (Å²) in [4.78, 5) is 0. The van der Waals surface area contributed by atoms with Crippen LogP contribution < -0.4 is 9.47 Å². The van der Waals surface area contributed by atoms with Gasteiger partial charge in [0, 0.05) is 42.1 Å². The standard InChI is InChI=1S/C14H18O3/c1-8(7-15)12-11-4-6-16-13(11)9(2)10-3-5-17-14(10)12/h8,15H,3-7H2,1-2H3. The normalized spacial score (nSPS) is 18.3. The van der Waals surface area contributed by atoms with E-state index in [1.807, 2.05) is 6.92 Å². The molecular weight excluding hydrogens is 216 g/mol. The van der Waals surface area contributed by atoms with Crippen LogP contribution in [0.2, 0.25) is 0 Å². The van der Waals surface area contributed by atoms with Gasteiger partial charge in [0.2, 0.25) is 0 Å². The summed E-state index contributed by atoms with van der Waals surface area (Å²) in [5.74, 6) is 2.19. The maximum absolute atomic E-state index is 9.42. The molecule has 1 aromatic rings. The van der Waals surface area contributed by atoms with Crippen LogP contribution in [-0.2, 0) is 12.8 Å². The SMILES string of the molecule is Cc1c2c(c(C(C)CO)c3c1OCC3)OCC2. The number of hydrogen-bond acceptors (Lipinski definition) is 3. The van der Waals surface area contributed by atoms with E-state index >= 15 is 0 Å². The van der Waals surface area contributed by atoms with Crippen LogP contribution in [0.1, 0.15) is 35.1 Å². The van der Waals surface area contributed by atoms with Crippen molar-refractivity contribution in [3.63, 3.8) is 0 Å². The number of aliphatic hydroxyl groups excluding tert-OH is 1. The van der Waals surface area contributed by atoms with Gasteiger partial charge >= 0.3 is 0 Å². The van der Waals surface area contributed by atoms with Gasteiger partial charge in [0.15, 0.2) is 0 Å². The summed E-state index contributed by atoms with van der Waals surface area (Å²) in [7, 11) is 0. The van der Waals surface area contributed by atoms with E-state index in [4.69, 9.17) is 9.47 Å². The van der Waals surface area contributed by atoms with Crippen molar-refractivity contribution < 1.29 is 14.6 Å². The van der Waals surface area contributed by atoms with E-state index in [9.17, 15) is 5.11 Å². The van der Waals surface area contributed by atoms with Crippen molar-refractivity contribution in [2.24, 2.45) is 0 Å². The molecule has 0 spiro atoms. The molecular formula is C14H18O3. The van der Waals surface area contributed by atoms with E-state index in [-0.39, 0.29) is 12.5 Å². The molecule has 0 aromatic heterocycles. The minimum absolute atomic E-state index is 0.123. The minimum Gasteiger partial charge on any atom is -0.493 e. The maximum Gasteiger partial charge on any atom is 0.126 e. The molecule has 1 unspecified atom stereocenters. The highest BCUT2D eigenvalue weighted by molar-refractivity contribution is 5.62. The molecule has 1 atom stereocenters. The third-order valence-corrected chi connectivity index (χ3v) is 3.87. The molecule has 0 saturated heterocycles. The molecule has 0 aliphatic carbocycles. The lowest BCUT2D eigenvalue weighted by atomic mass is 9.88. The Balaban J connectivity index is 2.26. The van der Waals surface area contributed by atoms with E-state index < -0.39 is 0 Å². The Morgan fingerprint density at radius 1 is 1.12 bits per heavy atom. The Morgan fingerprint density at radius 2 is 1.76 bits per heavy atom. The molecule has 2 heterocycles. The maximum atomic E-state index is 9.42. The molecule has 0 radical (unpaired) electrons. The number of rotatable bonds is 2. The van der Waals surface area contributed by atoms with Gasteiger partial charge in [0.05, 0.1) is 13.2 Å². The molecule has 2 aliphatic rings. The molecule has 1 aromatic carbocycles. The second-order valence-electron chi connectivity index (χ2n) is 4.93. The molecule has 92 valence electrons. The van der Waals surface area contributed by atoms with E-state index in [1.54, 1.807) is 0 Å². The van der Waals surface area contributed by atoms with E-state index in [2.05, 4.69) is 6.92 Å². The molecule has 0 fully saturated rings. The highest BCUT2D eigenvalue weighted by atomic mass is 16.5. The predicted molar refractivity (Wildman–Crippen MR) is 65.1 cm³/mol. The lowest BCUT2D eigenvalue weighted by molar-refractivity contribution is 0.268. The quantitative estimate of drug-likeness (QED) is 0.850. The lowest BCUT2D eigenvalue weighted by Gasteiger charge is -2.19. The van der Waals surface area contributed by atoms with Crippen molar-refractivity contribution in [1.29, 1.82) is 0 Å². The summed E-state index contributed by atoms with van der Waals surface area (Å²) in [6, 6.07) is 0. The number of benzene rings is 1. The van der Waals surface area contributed by atoms with Crippen LogP contribution in [0.3, 0.4) is 0 Å². The highest BCUT2D eigenvalue weighted by Gasteiger charge is 2.31. The zero-order valence-electron chi connectivity index (χ0n) is 10.4. The Hall–Kier alpha value is -1.22. The smallest absolute Gasteiger partial charge is 0.126 e. The Bertz CT molecular complexity index is 430. The van der Waals surface area contributed by atoms with Crippen LogP contribution in [-0.4, -0.2) is 24.9 Å². The largest absolute Gasteiger partial charge is 0.493 e. The fourth-order valence-corrected chi connectivity index (χ4v) is 2.99. The predicted octanol–water partition coefficient (Wildman–Crippen LogP) is 1.96. The summed E-state index contributed by atoms with van der Waals surface area (Å²) in [6.07, 6.45) is 1.90. The van der Waals surface area contributed by atoms with Crippen molar-refractivity contribution in [2.75, 3.05) is 19.8 Å².